The number of hydrogen-bond donors (Lipinski definition) is 19. The fraction of sp³-hybridized carbons (Fsp3) is 0.420. The summed E-state index contributed by atoms with van der Waals surface area (Å²) in [6.45, 7) is 2.79. The highest BCUT2D eigenvalue weighted by Gasteiger charge is 2.38. The molecule has 5 aromatic rings. The van der Waals surface area contributed by atoms with E-state index in [0.29, 0.717) is 40.4 Å². The van der Waals surface area contributed by atoms with Crippen LogP contribution in [0.1, 0.15) is 86.6 Å². The van der Waals surface area contributed by atoms with Crippen LogP contribution in [0.25, 0.3) is 10.9 Å². The average Bonchev–Trinajstić information content (AvgIpc) is 1.76. The minimum Gasteiger partial charge on any atom is -0.508 e. The molecule has 1 aliphatic heterocycles. The van der Waals surface area contributed by atoms with Gasteiger partial charge in [-0.1, -0.05) is 102 Å². The van der Waals surface area contributed by atoms with Crippen molar-refractivity contribution in [1.29, 1.82) is 5.41 Å². The molecular formula is C69H88N16O16S2. The molecule has 0 saturated carbocycles. The van der Waals surface area contributed by atoms with Gasteiger partial charge in [0.1, 0.15) is 65.9 Å². The molecule has 1 aliphatic carbocycles. The smallest absolute Gasteiger partial charge is 0.303 e. The molecule has 552 valence electrons. The van der Waals surface area contributed by atoms with Gasteiger partial charge in [-0.2, -0.15) is 0 Å². The normalized spacial score (nSPS) is 21.5. The number of nitrogens with one attached hydrogen (secondary N) is 13. The van der Waals surface area contributed by atoms with Gasteiger partial charge in [-0.15, -0.1) is 0 Å². The largest absolute Gasteiger partial charge is 0.508 e. The fourth-order valence-corrected chi connectivity index (χ4v) is 13.9. The number of guanidine groups is 1. The number of aliphatic carboxylic acids is 1. The lowest BCUT2D eigenvalue weighted by Gasteiger charge is -2.29. The highest BCUT2D eigenvalue weighted by Crippen LogP contribution is 2.28. The molecule has 9 atom stereocenters. The van der Waals surface area contributed by atoms with E-state index >= 15 is 4.79 Å². The number of phenols is 2. The maximum atomic E-state index is 15.0. The third-order valence-corrected chi connectivity index (χ3v) is 19.6. The van der Waals surface area contributed by atoms with Crippen molar-refractivity contribution in [3.05, 3.63) is 131 Å². The van der Waals surface area contributed by atoms with Crippen LogP contribution in [-0.4, -0.2) is 182 Å². The Labute approximate surface area is 600 Å². The zero-order chi connectivity index (χ0) is 74.9. The molecule has 2 aliphatic rings. The number of benzene rings is 4. The maximum absolute atomic E-state index is 15.0. The fourth-order valence-electron chi connectivity index (χ4n) is 11.5. The first-order valence-electron chi connectivity index (χ1n) is 33.4. The van der Waals surface area contributed by atoms with Crippen molar-refractivity contribution in [2.24, 2.45) is 29.0 Å². The van der Waals surface area contributed by atoms with Crippen LogP contribution in [0.2, 0.25) is 0 Å². The van der Waals surface area contributed by atoms with Crippen molar-refractivity contribution < 1.29 is 77.6 Å². The average molecular weight is 1460 g/mol. The van der Waals surface area contributed by atoms with Gasteiger partial charge in [0.25, 0.3) is 0 Å². The number of carboxylic acids is 1. The second kappa shape index (κ2) is 38.8. The standard InChI is InChI=1S/C69H88N16O16S2/c1-36(2)58-68(101)82-51(29-38-15-19-44(87)20-16-38)64(97)78-47(12-7-26-75-69(72)73)61(94)74-27-25-56(89)77-48(21-23-55(70)88)62(95)81-52(32-42-33-76-46-11-6-5-10-45(42)46)66(99)79-49(22-24-57(90)91)63(96)83-53(59(71)92)34-102-103-35-54(67(100)85-58)84-65(98)50(28-37-13-17-43(86)18-14-37)80-60(93)41-30-39-8-3-4-9-40(39)31-41/h3-6,8-11,13-20,33,36,41,47-54,58,76,86-87H,7,12,21-32,34-35H2,1-2H3,(H2,70,88)(H2,71,92)(H,74,94)(H,77,89)(H,78,97)(H,79,99)(H,80,93)(H,81,95)(H,82,101)(H,83,96)(H,84,98)(H,85,100)(H,90,91)(H4,72,73,75)/t47-,48-,49-,50-,51-,52-,53+,54-,58-/m0/s1. The van der Waals surface area contributed by atoms with Crippen LogP contribution in [0.4, 0.5) is 0 Å². The quantitative estimate of drug-likeness (QED) is 0.0168. The van der Waals surface area contributed by atoms with E-state index in [9.17, 15) is 72.9 Å². The summed E-state index contributed by atoms with van der Waals surface area (Å²) in [6.07, 6.45) is -1.05. The Hall–Kier alpha value is -10.9. The zero-order valence-corrected chi connectivity index (χ0v) is 58.3. The van der Waals surface area contributed by atoms with Gasteiger partial charge in [-0.3, -0.25) is 67.7 Å². The van der Waals surface area contributed by atoms with Gasteiger partial charge >= 0.3 is 5.97 Å². The Morgan fingerprint density at radius 3 is 1.79 bits per heavy atom. The Bertz CT molecular complexity index is 3870. The number of hydrogen-bond acceptors (Lipinski definition) is 18. The van der Waals surface area contributed by atoms with E-state index in [-0.39, 0.29) is 67.6 Å². The van der Waals surface area contributed by atoms with E-state index in [1.165, 1.54) is 36.4 Å². The van der Waals surface area contributed by atoms with E-state index in [4.69, 9.17) is 22.6 Å². The Morgan fingerprint density at radius 1 is 0.612 bits per heavy atom. The van der Waals surface area contributed by atoms with Gasteiger partial charge in [0, 0.05) is 86.1 Å². The summed E-state index contributed by atoms with van der Waals surface area (Å²) in [7, 11) is 1.76. The van der Waals surface area contributed by atoms with Crippen molar-refractivity contribution in [3.63, 3.8) is 0 Å². The number of aromatic amines is 1. The molecule has 32 nitrogen and oxygen atoms in total. The van der Waals surface area contributed by atoms with Gasteiger partial charge in [0.05, 0.1) is 0 Å². The van der Waals surface area contributed by atoms with Gasteiger partial charge in [-0.25, -0.2) is 0 Å². The van der Waals surface area contributed by atoms with Crippen LogP contribution in [0.5, 0.6) is 11.5 Å². The van der Waals surface area contributed by atoms with Crippen LogP contribution in [0.3, 0.4) is 0 Å². The Kier molecular flexibility index (Phi) is 29.9. The highest BCUT2D eigenvalue weighted by molar-refractivity contribution is 8.76. The third-order valence-electron chi connectivity index (χ3n) is 17.1. The molecule has 0 bridgehead atoms. The molecule has 103 heavy (non-hydrogen) atoms. The van der Waals surface area contributed by atoms with Crippen molar-refractivity contribution in [3.8, 4) is 11.5 Å². The highest BCUT2D eigenvalue weighted by atomic mass is 33.1. The Balaban J connectivity index is 1.25. The van der Waals surface area contributed by atoms with E-state index in [1.54, 1.807) is 56.4 Å². The van der Waals surface area contributed by atoms with Gasteiger partial charge < -0.3 is 96.0 Å². The number of carbonyl (C=O) groups is 13. The zero-order valence-electron chi connectivity index (χ0n) is 56.7. The molecule has 0 unspecified atom stereocenters. The van der Waals surface area contributed by atoms with Crippen molar-refractivity contribution in [1.82, 2.24) is 63.5 Å². The van der Waals surface area contributed by atoms with Crippen LogP contribution in [0.15, 0.2) is 103 Å². The number of amides is 12. The molecule has 34 heteroatoms. The number of nitrogens with two attached hydrogens (primary N) is 3. The number of carboxylic acid groups (broad SMARTS) is 1. The molecule has 22 N–H and O–H groups in total. The number of aromatic nitrogens is 1. The van der Waals surface area contributed by atoms with Crippen LogP contribution < -0.4 is 75.7 Å². The predicted octanol–water partition coefficient (Wildman–Crippen LogP) is -1.18. The van der Waals surface area contributed by atoms with Gasteiger partial charge in [0.2, 0.25) is 70.9 Å². The van der Waals surface area contributed by atoms with E-state index in [1.807, 2.05) is 24.3 Å². The maximum Gasteiger partial charge on any atom is 0.303 e. The lowest BCUT2D eigenvalue weighted by atomic mass is 10.00. The van der Waals surface area contributed by atoms with Gasteiger partial charge in [0.15, 0.2) is 5.96 Å². The first-order chi connectivity index (χ1) is 49.1. The number of para-hydroxylation sites is 1. The topological polar surface area (TPSA) is 533 Å². The number of aromatic hydroxyl groups is 2. The Morgan fingerprint density at radius 2 is 1.17 bits per heavy atom. The summed E-state index contributed by atoms with van der Waals surface area (Å²) in [6, 6.07) is 12.1. The first-order valence-corrected chi connectivity index (χ1v) is 35.9. The van der Waals surface area contributed by atoms with Crippen LogP contribution in [-0.2, 0) is 94.4 Å². The molecule has 12 amide bonds. The second-order valence-corrected chi connectivity index (χ2v) is 27.9. The van der Waals surface area contributed by atoms with Crippen LogP contribution in [0, 0.1) is 17.2 Å². The number of primary amides is 2. The predicted molar refractivity (Wildman–Crippen MR) is 381 cm³/mol. The molecule has 1 fully saturated rings. The lowest BCUT2D eigenvalue weighted by molar-refractivity contribution is -0.138. The monoisotopic (exact) mass is 1460 g/mol. The van der Waals surface area contributed by atoms with Crippen molar-refractivity contribution >= 4 is 115 Å². The van der Waals surface area contributed by atoms with E-state index < -0.39 is 182 Å². The number of fused-ring (bicyclic) bond motifs is 2. The van der Waals surface area contributed by atoms with Crippen LogP contribution >= 0.6 is 21.6 Å². The number of phenolic OH excluding ortho intramolecular Hbond substituents is 2. The molecule has 0 radical (unpaired) electrons. The summed E-state index contributed by atoms with van der Waals surface area (Å²) < 4.78 is 0. The van der Waals surface area contributed by atoms with Crippen molar-refractivity contribution in [2.45, 2.75) is 145 Å². The first kappa shape index (κ1) is 79.4. The molecule has 2 heterocycles. The second-order valence-electron chi connectivity index (χ2n) is 25.4. The van der Waals surface area contributed by atoms with Crippen molar-refractivity contribution in [2.75, 3.05) is 24.6 Å². The summed E-state index contributed by atoms with van der Waals surface area (Å²) in [5, 5.41) is 67.4. The molecular weight excluding hydrogens is 1370 g/mol. The third kappa shape index (κ3) is 25.0. The van der Waals surface area contributed by atoms with E-state index in [0.717, 1.165) is 32.7 Å². The minimum absolute atomic E-state index is 0.0521. The lowest BCUT2D eigenvalue weighted by Crippen LogP contribution is -2.61. The summed E-state index contributed by atoms with van der Waals surface area (Å²) >= 11 is 0. The molecule has 7 rings (SSSR count). The summed E-state index contributed by atoms with van der Waals surface area (Å²) in [5.74, 6) is -15.0. The molecule has 1 saturated heterocycles. The molecule has 1 aromatic heterocycles. The number of H-pyrrole nitrogens is 1. The molecule has 0 spiro atoms. The van der Waals surface area contributed by atoms with Gasteiger partial charge in [-0.05, 0) is 103 Å². The van der Waals surface area contributed by atoms with E-state index in [2.05, 4.69) is 63.5 Å². The summed E-state index contributed by atoms with van der Waals surface area (Å²) in [4.78, 5) is 186. The minimum atomic E-state index is -1.73. The number of carbonyl (C=O) groups excluding carboxylic acids is 12. The SMILES string of the molecule is CC(C)[C@@H]1NC(=O)[C@@H](NC(=O)[C@H](Cc2ccc(O)cc2)NC(=O)C2Cc3ccccc3C2)CSSC[C@H](C(N)=O)NC(=O)[C@H](CCC(=O)O)NC(=O)[C@H](Cc2c[nH]c3ccccc23)NC(=O)[C@H](CCC(N)=O)NC(=O)CCNC(=O)[C@H](CCCNC(=N)N)NC(=O)[C@H](Cc2ccc(O)cc2)NC1=O. The summed E-state index contributed by atoms with van der Waals surface area (Å²) in [5.41, 5.74) is 20.8. The number of rotatable bonds is 22. The molecule has 4 aromatic carbocycles.